The minimum absolute atomic E-state index is 0.00380. The number of rotatable bonds is 5. The number of hydrogen-bond donors (Lipinski definition) is 1. The number of fused-ring (bicyclic) bond motifs is 1. The maximum Gasteiger partial charge on any atom is 0.237 e. The summed E-state index contributed by atoms with van der Waals surface area (Å²) in [4.78, 5) is 12.5. The van der Waals surface area contributed by atoms with Crippen molar-refractivity contribution in [3.05, 3.63) is 63.1 Å². The average molecular weight is 452 g/mol. The molecular weight excluding hydrogens is 437 g/mol. The van der Waals surface area contributed by atoms with E-state index < -0.39 is 0 Å². The molecule has 0 spiro atoms. The van der Waals surface area contributed by atoms with E-state index in [9.17, 15) is 4.79 Å². The minimum atomic E-state index is -0.208. The average Bonchev–Trinajstić information content (AvgIpc) is 3.06. The van der Waals surface area contributed by atoms with Crippen LogP contribution >= 0.6 is 46.3 Å². The van der Waals surface area contributed by atoms with E-state index in [0.29, 0.717) is 20.8 Å². The SMILES string of the molecule is O=C1Nc2ccccc2CC[C@@H]1Sc1nnc(COc2ccc(Cl)cc2Cl)s1. The number of halogens is 2. The molecular formula is C19H15Cl2N3O2S2. The minimum Gasteiger partial charge on any atom is -0.485 e. The molecule has 0 unspecified atom stereocenters. The first-order valence-electron chi connectivity index (χ1n) is 8.54. The molecule has 2 aromatic carbocycles. The predicted octanol–water partition coefficient (Wildman–Crippen LogP) is 5.47. The van der Waals surface area contributed by atoms with Crippen LogP contribution in [0.15, 0.2) is 46.8 Å². The Balaban J connectivity index is 1.37. The Labute approximate surface area is 180 Å². The summed E-state index contributed by atoms with van der Waals surface area (Å²) in [6, 6.07) is 13.0. The number of anilines is 1. The van der Waals surface area contributed by atoms with E-state index in [1.54, 1.807) is 18.2 Å². The van der Waals surface area contributed by atoms with Gasteiger partial charge in [-0.1, -0.05) is 64.5 Å². The number of carbonyl (C=O) groups excluding carboxylic acids is 1. The van der Waals surface area contributed by atoms with Crippen molar-refractivity contribution in [3.8, 4) is 5.75 Å². The second-order valence-corrected chi connectivity index (χ2v) is 9.47. The maximum atomic E-state index is 12.5. The molecule has 1 N–H and O–H groups in total. The summed E-state index contributed by atoms with van der Waals surface area (Å²) >= 11 is 14.8. The first-order chi connectivity index (χ1) is 13.6. The third kappa shape index (κ3) is 4.60. The first-order valence-corrected chi connectivity index (χ1v) is 11.0. The van der Waals surface area contributed by atoms with Crippen LogP contribution < -0.4 is 10.1 Å². The molecule has 1 amide bonds. The summed E-state index contributed by atoms with van der Waals surface area (Å²) in [6.07, 6.45) is 1.59. The number of nitrogens with one attached hydrogen (secondary N) is 1. The predicted molar refractivity (Wildman–Crippen MR) is 114 cm³/mol. The van der Waals surface area contributed by atoms with E-state index in [0.717, 1.165) is 28.4 Å². The van der Waals surface area contributed by atoms with E-state index in [-0.39, 0.29) is 17.8 Å². The van der Waals surface area contributed by atoms with Gasteiger partial charge in [-0.3, -0.25) is 4.79 Å². The lowest BCUT2D eigenvalue weighted by Gasteiger charge is -2.10. The summed E-state index contributed by atoms with van der Waals surface area (Å²) in [7, 11) is 0. The van der Waals surface area contributed by atoms with Crippen LogP contribution in [0.2, 0.25) is 10.0 Å². The molecule has 1 aliphatic rings. The molecule has 144 valence electrons. The maximum absolute atomic E-state index is 12.5. The van der Waals surface area contributed by atoms with Crippen LogP contribution in [0, 0.1) is 0 Å². The van der Waals surface area contributed by atoms with Crippen molar-refractivity contribution in [3.63, 3.8) is 0 Å². The van der Waals surface area contributed by atoms with E-state index in [2.05, 4.69) is 15.5 Å². The van der Waals surface area contributed by atoms with Crippen LogP contribution in [-0.2, 0) is 17.8 Å². The number of ether oxygens (including phenoxy) is 1. The van der Waals surface area contributed by atoms with Gasteiger partial charge in [-0.05, 0) is 42.7 Å². The second kappa shape index (κ2) is 8.69. The van der Waals surface area contributed by atoms with Crippen molar-refractivity contribution >= 4 is 57.9 Å². The van der Waals surface area contributed by atoms with E-state index in [1.165, 1.54) is 23.1 Å². The number of aryl methyl sites for hydroxylation is 1. The standard InChI is InChI=1S/C19H15Cl2N3O2S2/c20-12-6-7-15(13(21)9-12)26-10-17-23-24-19(28-17)27-16-8-5-11-3-1-2-4-14(11)22-18(16)25/h1-4,6-7,9,16H,5,8,10H2,(H,22,25)/t16-/m0/s1. The second-order valence-electron chi connectivity index (χ2n) is 6.12. The fraction of sp³-hybridized carbons (Fsp3) is 0.211. The van der Waals surface area contributed by atoms with E-state index in [4.69, 9.17) is 27.9 Å². The van der Waals surface area contributed by atoms with Crippen LogP contribution in [0.1, 0.15) is 17.0 Å². The Morgan fingerprint density at radius 2 is 2.07 bits per heavy atom. The Morgan fingerprint density at radius 1 is 1.21 bits per heavy atom. The number of thioether (sulfide) groups is 1. The molecule has 5 nitrogen and oxygen atoms in total. The largest absolute Gasteiger partial charge is 0.485 e. The number of para-hydroxylation sites is 1. The molecule has 1 aromatic heterocycles. The molecule has 0 radical (unpaired) electrons. The summed E-state index contributed by atoms with van der Waals surface area (Å²) in [5.41, 5.74) is 2.05. The lowest BCUT2D eigenvalue weighted by molar-refractivity contribution is -0.115. The van der Waals surface area contributed by atoms with Crippen molar-refractivity contribution < 1.29 is 9.53 Å². The molecule has 3 aromatic rings. The van der Waals surface area contributed by atoms with Crippen LogP contribution in [0.4, 0.5) is 5.69 Å². The molecule has 1 atom stereocenters. The Bertz CT molecular complexity index is 1010. The summed E-state index contributed by atoms with van der Waals surface area (Å²) in [6.45, 7) is 0.252. The molecule has 0 fully saturated rings. The fourth-order valence-corrected chi connectivity index (χ4v) is 5.31. The van der Waals surface area contributed by atoms with Gasteiger partial charge in [0.1, 0.15) is 12.4 Å². The zero-order valence-electron chi connectivity index (χ0n) is 14.5. The van der Waals surface area contributed by atoms with Gasteiger partial charge in [-0.25, -0.2) is 0 Å². The van der Waals surface area contributed by atoms with Crippen molar-refractivity contribution in [1.82, 2.24) is 10.2 Å². The number of nitrogens with zero attached hydrogens (tertiary/aromatic N) is 2. The number of amides is 1. The highest BCUT2D eigenvalue weighted by atomic mass is 35.5. The molecule has 9 heteroatoms. The topological polar surface area (TPSA) is 64.1 Å². The molecule has 0 saturated heterocycles. The molecule has 4 rings (SSSR count). The number of hydrogen-bond acceptors (Lipinski definition) is 6. The highest BCUT2D eigenvalue weighted by Crippen LogP contribution is 2.34. The van der Waals surface area contributed by atoms with Gasteiger partial charge >= 0.3 is 0 Å². The molecule has 0 bridgehead atoms. The lowest BCUT2D eigenvalue weighted by Crippen LogP contribution is -2.23. The van der Waals surface area contributed by atoms with Crippen LogP contribution in [0.5, 0.6) is 5.75 Å². The Morgan fingerprint density at radius 3 is 2.93 bits per heavy atom. The molecule has 28 heavy (non-hydrogen) atoms. The Kier molecular flexibility index (Phi) is 6.06. The van der Waals surface area contributed by atoms with Gasteiger partial charge in [-0.15, -0.1) is 10.2 Å². The van der Waals surface area contributed by atoms with Crippen LogP contribution in [0.3, 0.4) is 0 Å². The van der Waals surface area contributed by atoms with Crippen molar-refractivity contribution in [2.45, 2.75) is 29.0 Å². The summed E-state index contributed by atoms with van der Waals surface area (Å²) in [5, 5.41) is 12.9. The van der Waals surface area contributed by atoms with Gasteiger partial charge in [0.05, 0.1) is 10.3 Å². The number of carbonyl (C=O) groups is 1. The fourth-order valence-electron chi connectivity index (χ4n) is 2.80. The van der Waals surface area contributed by atoms with E-state index >= 15 is 0 Å². The van der Waals surface area contributed by atoms with Gasteiger partial charge in [0.15, 0.2) is 9.35 Å². The van der Waals surface area contributed by atoms with Crippen LogP contribution in [-0.4, -0.2) is 21.4 Å². The van der Waals surface area contributed by atoms with Gasteiger partial charge in [0.25, 0.3) is 0 Å². The Hall–Kier alpha value is -1.80. The molecule has 2 heterocycles. The normalized spacial score (nSPS) is 16.2. The quantitative estimate of drug-likeness (QED) is 0.556. The number of aromatic nitrogens is 2. The van der Waals surface area contributed by atoms with Gasteiger partial charge < -0.3 is 10.1 Å². The van der Waals surface area contributed by atoms with E-state index in [1.807, 2.05) is 24.3 Å². The highest BCUT2D eigenvalue weighted by molar-refractivity contribution is 8.02. The van der Waals surface area contributed by atoms with Crippen molar-refractivity contribution in [1.29, 1.82) is 0 Å². The zero-order valence-corrected chi connectivity index (χ0v) is 17.7. The van der Waals surface area contributed by atoms with Gasteiger partial charge in [0, 0.05) is 10.7 Å². The van der Waals surface area contributed by atoms with Crippen molar-refractivity contribution in [2.75, 3.05) is 5.32 Å². The monoisotopic (exact) mass is 451 g/mol. The van der Waals surface area contributed by atoms with Crippen molar-refractivity contribution in [2.24, 2.45) is 0 Å². The summed E-state index contributed by atoms with van der Waals surface area (Å²) in [5.74, 6) is 0.535. The van der Waals surface area contributed by atoms with Gasteiger partial charge in [-0.2, -0.15) is 0 Å². The zero-order chi connectivity index (χ0) is 19.5. The first kappa shape index (κ1) is 19.5. The third-order valence-corrected chi connectivity index (χ3v) is 6.96. The smallest absolute Gasteiger partial charge is 0.237 e. The highest BCUT2D eigenvalue weighted by Gasteiger charge is 2.25. The third-order valence-electron chi connectivity index (χ3n) is 4.18. The molecule has 0 saturated carbocycles. The van der Waals surface area contributed by atoms with Crippen LogP contribution in [0.25, 0.3) is 0 Å². The molecule has 0 aliphatic carbocycles. The summed E-state index contributed by atoms with van der Waals surface area (Å²) < 4.78 is 6.44. The number of benzene rings is 2. The van der Waals surface area contributed by atoms with Gasteiger partial charge in [0.2, 0.25) is 5.91 Å². The molecule has 1 aliphatic heterocycles. The lowest BCUT2D eigenvalue weighted by atomic mass is 10.1.